The summed E-state index contributed by atoms with van der Waals surface area (Å²) in [6.07, 6.45) is 1.70. The second-order valence-electron chi connectivity index (χ2n) is 7.91. The first kappa shape index (κ1) is 28.3. The van der Waals surface area contributed by atoms with Crippen LogP contribution in [0.5, 0.6) is 0 Å². The molecule has 0 aliphatic heterocycles. The van der Waals surface area contributed by atoms with Crippen molar-refractivity contribution < 1.29 is 50.9 Å². The van der Waals surface area contributed by atoms with E-state index >= 15 is 0 Å². The summed E-state index contributed by atoms with van der Waals surface area (Å²) in [5, 5.41) is 0.458. The molecule has 1 aromatic carbocycles. The summed E-state index contributed by atoms with van der Waals surface area (Å²) in [4.78, 5) is -0.0626. The van der Waals surface area contributed by atoms with Crippen LogP contribution >= 0.6 is 11.6 Å². The molecule has 6 nitrogen and oxygen atoms in total. The molecular weight excluding hydrogens is 493 g/mol. The fourth-order valence-corrected chi connectivity index (χ4v) is 5.66. The minimum absolute atomic E-state index is 0. The minimum atomic E-state index is -4.62. The summed E-state index contributed by atoms with van der Waals surface area (Å²) in [7, 11) is -8.25. The molecule has 0 heterocycles. The van der Waals surface area contributed by atoms with Gasteiger partial charge in [-0.05, 0) is 77.8 Å². The predicted octanol–water partition coefficient (Wildman–Crippen LogP) is 1.78. The zero-order chi connectivity index (χ0) is 23.5. The van der Waals surface area contributed by atoms with E-state index in [-0.39, 0.29) is 51.8 Å². The molecule has 0 amide bonds. The van der Waals surface area contributed by atoms with Crippen molar-refractivity contribution in [3.05, 3.63) is 70.7 Å². The summed E-state index contributed by atoms with van der Waals surface area (Å²) in [5.41, 5.74) is 2.99. The summed E-state index contributed by atoms with van der Waals surface area (Å²) >= 11 is 5.80. The van der Waals surface area contributed by atoms with Crippen LogP contribution in [0.2, 0.25) is 5.02 Å². The van der Waals surface area contributed by atoms with E-state index in [1.165, 1.54) is 30.3 Å². The summed E-state index contributed by atoms with van der Waals surface area (Å²) in [6, 6.07) is 14.6. The molecule has 33 heavy (non-hydrogen) atoms. The first-order valence-corrected chi connectivity index (χ1v) is 13.5. The molecule has 2 aliphatic carbocycles. The molecule has 1 aromatic rings. The topological polar surface area (TPSA) is 103 Å². The van der Waals surface area contributed by atoms with Crippen molar-refractivity contribution in [3.8, 4) is 11.1 Å². The monoisotopic (exact) mass is 517 g/mol. The number of benzene rings is 1. The van der Waals surface area contributed by atoms with Crippen LogP contribution in [-0.4, -0.2) is 27.9 Å². The zero-order valence-corrected chi connectivity index (χ0v) is 23.2. The van der Waals surface area contributed by atoms with E-state index in [0.29, 0.717) is 29.8 Å². The van der Waals surface area contributed by atoms with Crippen molar-refractivity contribution in [1.82, 2.24) is 4.72 Å². The Morgan fingerprint density at radius 2 is 1.61 bits per heavy atom. The molecule has 2 aliphatic rings. The van der Waals surface area contributed by atoms with Crippen LogP contribution in [0.15, 0.2) is 64.4 Å². The van der Waals surface area contributed by atoms with E-state index in [1.807, 2.05) is 26.0 Å². The molecule has 172 valence electrons. The standard InChI is InChI=1S/C23H26ClNO5S2.Na/c1-16(2)20-8-3-4-9-21-22(32(28,29)30)15-17(23(20)21)7-5-6-14-25-31(26,27)19-12-10-18(24)11-13-19;/h3-4,8-13,15-16,25H,5-7,14H2,1-2H3,(H,28,29,30);/q;+1/p-1. The van der Waals surface area contributed by atoms with Crippen LogP contribution in [0.1, 0.15) is 43.7 Å². The first-order chi connectivity index (χ1) is 15.0. The third-order valence-electron chi connectivity index (χ3n) is 5.28. The fourth-order valence-electron chi connectivity index (χ4n) is 3.73. The summed E-state index contributed by atoms with van der Waals surface area (Å²) in [6.45, 7) is 4.27. The minimum Gasteiger partial charge on any atom is -0.744 e. The molecule has 10 heteroatoms. The number of rotatable bonds is 9. The average molecular weight is 518 g/mol. The van der Waals surface area contributed by atoms with Gasteiger partial charge in [-0.3, -0.25) is 0 Å². The van der Waals surface area contributed by atoms with Gasteiger partial charge in [-0.2, -0.15) is 0 Å². The van der Waals surface area contributed by atoms with Crippen LogP contribution in [0, 0.1) is 0 Å². The normalized spacial score (nSPS) is 12.2. The molecule has 0 aromatic heterocycles. The maximum atomic E-state index is 12.4. The number of hydrogen-bond donors (Lipinski definition) is 1. The third-order valence-corrected chi connectivity index (χ3v) is 7.89. The number of sulfonamides is 1. The molecular formula is C23H25ClNNaO5S2. The van der Waals surface area contributed by atoms with Crippen LogP contribution in [0.25, 0.3) is 11.1 Å². The van der Waals surface area contributed by atoms with Crippen LogP contribution in [-0.2, 0) is 26.6 Å². The van der Waals surface area contributed by atoms with Gasteiger partial charge < -0.3 is 4.55 Å². The first-order valence-electron chi connectivity index (χ1n) is 10.3. The van der Waals surface area contributed by atoms with Crippen LogP contribution in [0.4, 0.5) is 0 Å². The van der Waals surface area contributed by atoms with Crippen molar-refractivity contribution in [1.29, 1.82) is 0 Å². The Bertz CT molecular complexity index is 1280. The van der Waals surface area contributed by atoms with Gasteiger partial charge >= 0.3 is 29.6 Å². The Labute approximate surface area is 223 Å². The van der Waals surface area contributed by atoms with Gasteiger partial charge in [0.05, 0.1) is 9.79 Å². The zero-order valence-electron chi connectivity index (χ0n) is 18.8. The number of fused-ring (bicyclic) bond motifs is 1. The van der Waals surface area contributed by atoms with Gasteiger partial charge in [0.1, 0.15) is 10.1 Å². The van der Waals surface area contributed by atoms with Gasteiger partial charge in [0.15, 0.2) is 0 Å². The number of halogens is 1. The van der Waals surface area contributed by atoms with E-state index in [9.17, 15) is 21.4 Å². The Kier molecular flexibility index (Phi) is 9.97. The van der Waals surface area contributed by atoms with Crippen molar-refractivity contribution in [2.75, 3.05) is 6.54 Å². The van der Waals surface area contributed by atoms with Crippen LogP contribution in [0.3, 0.4) is 0 Å². The van der Waals surface area contributed by atoms with Crippen molar-refractivity contribution in [2.24, 2.45) is 0 Å². The Hall–Kier alpha value is -0.970. The quantitative estimate of drug-likeness (QED) is 0.265. The molecule has 1 N–H and O–H groups in total. The summed E-state index contributed by atoms with van der Waals surface area (Å²) in [5.74, 6) is 0.138. The maximum absolute atomic E-state index is 12.4. The SMILES string of the molecule is CC(C)c1ccccc2c(S(=O)(=O)[O-])cc(CCCCNS(=O)(=O)c3ccc(Cl)cc3)c1-2.[Na+]. The molecule has 0 bridgehead atoms. The number of nitrogens with one attached hydrogen (secondary N) is 1. The predicted molar refractivity (Wildman–Crippen MR) is 125 cm³/mol. The van der Waals surface area contributed by atoms with E-state index in [0.717, 1.165) is 16.7 Å². The van der Waals surface area contributed by atoms with Crippen molar-refractivity contribution >= 4 is 31.7 Å². The van der Waals surface area contributed by atoms with E-state index in [4.69, 9.17) is 11.6 Å². The molecule has 0 atom stereocenters. The second kappa shape index (κ2) is 11.6. The maximum Gasteiger partial charge on any atom is 1.00 e. The van der Waals surface area contributed by atoms with Gasteiger partial charge in [0.25, 0.3) is 0 Å². The molecule has 0 spiro atoms. The summed E-state index contributed by atoms with van der Waals surface area (Å²) < 4.78 is 62.8. The fraction of sp³-hybridized carbons (Fsp3) is 0.304. The number of aryl methyl sites for hydroxylation is 1. The van der Waals surface area contributed by atoms with Gasteiger partial charge in [-0.1, -0.05) is 49.7 Å². The van der Waals surface area contributed by atoms with Crippen molar-refractivity contribution in [3.63, 3.8) is 0 Å². The molecule has 3 rings (SSSR count). The van der Waals surface area contributed by atoms with E-state index in [1.54, 1.807) is 12.1 Å². The average Bonchev–Trinajstić information content (AvgIpc) is 2.92. The molecule has 0 saturated heterocycles. The Balaban J connectivity index is 0.00000385. The third kappa shape index (κ3) is 7.02. The molecule has 0 radical (unpaired) electrons. The van der Waals surface area contributed by atoms with Gasteiger partial charge in [0, 0.05) is 11.6 Å². The molecule has 0 saturated carbocycles. The molecule has 0 fully saturated rings. The van der Waals surface area contributed by atoms with Gasteiger partial charge in [-0.15, -0.1) is 0 Å². The second-order valence-corrected chi connectivity index (χ2v) is 11.5. The van der Waals surface area contributed by atoms with E-state index < -0.39 is 20.1 Å². The van der Waals surface area contributed by atoms with E-state index in [2.05, 4.69) is 4.72 Å². The number of unbranched alkanes of at least 4 members (excludes halogenated alkanes) is 1. The Morgan fingerprint density at radius 1 is 0.970 bits per heavy atom. The smallest absolute Gasteiger partial charge is 0.744 e. The number of hydrogen-bond acceptors (Lipinski definition) is 5. The van der Waals surface area contributed by atoms with Gasteiger partial charge in [-0.25, -0.2) is 21.6 Å². The van der Waals surface area contributed by atoms with Crippen LogP contribution < -0.4 is 34.3 Å². The Morgan fingerprint density at radius 3 is 2.21 bits per heavy atom. The largest absolute Gasteiger partial charge is 1.00 e. The van der Waals surface area contributed by atoms with Gasteiger partial charge in [0.2, 0.25) is 10.0 Å². The van der Waals surface area contributed by atoms with Crippen molar-refractivity contribution in [2.45, 2.75) is 48.8 Å². The molecule has 0 unspecified atom stereocenters.